The molecule has 0 aromatic heterocycles. The van der Waals surface area contributed by atoms with Gasteiger partial charge in [0.25, 0.3) is 5.91 Å². The Kier molecular flexibility index (Phi) is 5.56. The van der Waals surface area contributed by atoms with Crippen molar-refractivity contribution in [2.45, 2.75) is 33.4 Å². The summed E-state index contributed by atoms with van der Waals surface area (Å²) in [5.41, 5.74) is 5.52. The Morgan fingerprint density at radius 2 is 1.77 bits per heavy atom. The quantitative estimate of drug-likeness (QED) is 0.820. The Hall–Kier alpha value is -2.80. The van der Waals surface area contributed by atoms with Crippen LogP contribution in [-0.4, -0.2) is 51.7 Å². The fraction of sp³-hybridized carbons (Fsp3) is 0.348. The molecule has 4 rings (SSSR count). The van der Waals surface area contributed by atoms with E-state index in [1.165, 1.54) is 0 Å². The second kappa shape index (κ2) is 8.14. The summed E-state index contributed by atoms with van der Waals surface area (Å²) in [7, 11) is 0. The van der Waals surface area contributed by atoms with Crippen LogP contribution in [0.2, 0.25) is 0 Å². The Morgan fingerprint density at radius 1 is 1.10 bits per heavy atom. The summed E-state index contributed by atoms with van der Waals surface area (Å²) in [6.45, 7) is 6.50. The Bertz CT molecular complexity index is 996. The number of rotatable bonds is 4. The molecule has 0 unspecified atom stereocenters. The van der Waals surface area contributed by atoms with Gasteiger partial charge in [-0.2, -0.15) is 0 Å². The van der Waals surface area contributed by atoms with Gasteiger partial charge in [-0.25, -0.2) is 0 Å². The Labute approximate surface area is 180 Å². The average Bonchev–Trinajstić information content (AvgIpc) is 3.20. The highest BCUT2D eigenvalue weighted by molar-refractivity contribution is 7.99. The minimum Gasteiger partial charge on any atom is -0.327 e. The first-order valence-electron chi connectivity index (χ1n) is 9.97. The third-order valence-electron chi connectivity index (χ3n) is 5.63. The summed E-state index contributed by atoms with van der Waals surface area (Å²) in [6, 6.07) is 11.0. The average molecular weight is 424 g/mol. The van der Waals surface area contributed by atoms with Gasteiger partial charge in [0, 0.05) is 23.5 Å². The third kappa shape index (κ3) is 3.94. The highest BCUT2D eigenvalue weighted by atomic mass is 32.2. The minimum absolute atomic E-state index is 0.00411. The molecule has 2 aromatic carbocycles. The van der Waals surface area contributed by atoms with E-state index in [0.29, 0.717) is 23.7 Å². The fourth-order valence-electron chi connectivity index (χ4n) is 4.11. The van der Waals surface area contributed by atoms with Crippen molar-refractivity contribution in [1.82, 2.24) is 9.80 Å². The maximum Gasteiger partial charge on any atom is 0.255 e. The zero-order chi connectivity index (χ0) is 21.4. The van der Waals surface area contributed by atoms with E-state index in [4.69, 9.17) is 0 Å². The molecule has 2 fully saturated rings. The first kappa shape index (κ1) is 20.5. The van der Waals surface area contributed by atoms with Gasteiger partial charge in [-0.1, -0.05) is 29.8 Å². The smallest absolute Gasteiger partial charge is 0.255 e. The molecule has 30 heavy (non-hydrogen) atoms. The van der Waals surface area contributed by atoms with Crippen LogP contribution in [-0.2, 0) is 16.1 Å². The van der Waals surface area contributed by atoms with Crippen LogP contribution in [0.3, 0.4) is 0 Å². The van der Waals surface area contributed by atoms with E-state index in [0.717, 1.165) is 27.9 Å². The van der Waals surface area contributed by atoms with E-state index in [2.05, 4.69) is 5.32 Å². The molecule has 2 heterocycles. The maximum absolute atomic E-state index is 12.7. The molecule has 0 radical (unpaired) electrons. The molecule has 0 spiro atoms. The number of piperazine rings is 1. The Balaban J connectivity index is 1.44. The maximum atomic E-state index is 12.7. The van der Waals surface area contributed by atoms with Crippen LogP contribution in [0, 0.1) is 20.8 Å². The molecule has 6 nitrogen and oxygen atoms in total. The minimum atomic E-state index is -0.331. The number of fused-ring (bicyclic) bond motifs is 1. The van der Waals surface area contributed by atoms with Crippen LogP contribution in [0.4, 0.5) is 5.69 Å². The van der Waals surface area contributed by atoms with Crippen LogP contribution in [0.25, 0.3) is 0 Å². The van der Waals surface area contributed by atoms with Gasteiger partial charge in [0.2, 0.25) is 11.8 Å². The number of nitrogens with one attached hydrogen (secondary N) is 1. The molecule has 3 amide bonds. The lowest BCUT2D eigenvalue weighted by Crippen LogP contribution is -2.57. The summed E-state index contributed by atoms with van der Waals surface area (Å²) in [4.78, 5) is 40.9. The van der Waals surface area contributed by atoms with E-state index in [1.54, 1.807) is 33.7 Å². The van der Waals surface area contributed by atoms with Crippen LogP contribution in [0.5, 0.6) is 0 Å². The van der Waals surface area contributed by atoms with Crippen molar-refractivity contribution in [2.24, 2.45) is 0 Å². The summed E-state index contributed by atoms with van der Waals surface area (Å²) >= 11 is 1.62. The van der Waals surface area contributed by atoms with E-state index in [1.807, 2.05) is 45.0 Å². The van der Waals surface area contributed by atoms with Crippen LogP contribution in [0.15, 0.2) is 36.4 Å². The van der Waals surface area contributed by atoms with Crippen molar-refractivity contribution in [3.63, 3.8) is 0 Å². The monoisotopic (exact) mass is 423 g/mol. The number of carbonyl (C=O) groups excluding carboxylic acids is 3. The van der Waals surface area contributed by atoms with Crippen LogP contribution >= 0.6 is 11.8 Å². The number of anilines is 1. The van der Waals surface area contributed by atoms with Crippen molar-refractivity contribution in [2.75, 3.05) is 23.5 Å². The van der Waals surface area contributed by atoms with Gasteiger partial charge in [0.05, 0.1) is 5.88 Å². The number of carbonyl (C=O) groups is 3. The lowest BCUT2D eigenvalue weighted by molar-refractivity contribution is -0.153. The number of benzene rings is 2. The van der Waals surface area contributed by atoms with Gasteiger partial charge in [0.1, 0.15) is 12.6 Å². The molecular formula is C23H25N3O3S. The highest BCUT2D eigenvalue weighted by Gasteiger charge is 2.42. The molecular weight excluding hydrogens is 398 g/mol. The number of hydrogen-bond acceptors (Lipinski definition) is 4. The molecule has 7 heteroatoms. The van der Waals surface area contributed by atoms with Gasteiger partial charge in [-0.05, 0) is 49.6 Å². The largest absolute Gasteiger partial charge is 0.327 e. The first-order valence-corrected chi connectivity index (χ1v) is 11.1. The molecule has 156 valence electrons. The molecule has 0 saturated carbocycles. The SMILES string of the molecule is Cc1cc(C)c(NC(=O)c2ccc(CN3CC(=O)N4CSC[C@H]4C3=O)cc2)c(C)c1. The van der Waals surface area contributed by atoms with E-state index in [-0.39, 0.29) is 30.3 Å². The molecule has 1 atom stereocenters. The van der Waals surface area contributed by atoms with Crippen molar-refractivity contribution < 1.29 is 14.4 Å². The second-order valence-electron chi connectivity index (χ2n) is 8.00. The number of nitrogens with zero attached hydrogens (tertiary/aromatic N) is 2. The normalized spacial score (nSPS) is 18.6. The molecule has 2 aromatic rings. The topological polar surface area (TPSA) is 69.7 Å². The lowest BCUT2D eigenvalue weighted by atomic mass is 10.0. The van der Waals surface area contributed by atoms with Crippen LogP contribution < -0.4 is 5.32 Å². The molecule has 2 aliphatic rings. The van der Waals surface area contributed by atoms with E-state index in [9.17, 15) is 14.4 Å². The summed E-state index contributed by atoms with van der Waals surface area (Å²) < 4.78 is 0. The van der Waals surface area contributed by atoms with Gasteiger partial charge >= 0.3 is 0 Å². The van der Waals surface area contributed by atoms with Crippen molar-refractivity contribution in [1.29, 1.82) is 0 Å². The zero-order valence-electron chi connectivity index (χ0n) is 17.4. The predicted molar refractivity (Wildman–Crippen MR) is 118 cm³/mol. The highest BCUT2D eigenvalue weighted by Crippen LogP contribution is 2.27. The lowest BCUT2D eigenvalue weighted by Gasteiger charge is -2.35. The number of amides is 3. The number of aryl methyl sites for hydroxylation is 3. The molecule has 0 aliphatic carbocycles. The first-order chi connectivity index (χ1) is 14.3. The summed E-state index contributed by atoms with van der Waals surface area (Å²) in [6.07, 6.45) is 0. The van der Waals surface area contributed by atoms with Gasteiger partial charge < -0.3 is 15.1 Å². The summed E-state index contributed by atoms with van der Waals surface area (Å²) in [5.74, 6) is 1.11. The molecule has 1 N–H and O–H groups in total. The summed E-state index contributed by atoms with van der Waals surface area (Å²) in [5, 5.41) is 3.00. The zero-order valence-corrected chi connectivity index (χ0v) is 18.2. The standard InChI is InChI=1S/C23H25N3O3S/c1-14-8-15(2)21(16(3)9-14)24-22(28)18-6-4-17(5-7-18)10-25-11-20(27)26-13-30-12-19(26)23(25)29/h4-9,19H,10-13H2,1-3H3,(H,24,28)/t19-/m0/s1. The second-order valence-corrected chi connectivity index (χ2v) is 9.00. The Morgan fingerprint density at radius 3 is 2.43 bits per heavy atom. The number of hydrogen-bond donors (Lipinski definition) is 1. The van der Waals surface area contributed by atoms with Gasteiger partial charge in [0.15, 0.2) is 0 Å². The predicted octanol–water partition coefficient (Wildman–Crippen LogP) is 3.11. The molecule has 2 saturated heterocycles. The fourth-order valence-corrected chi connectivity index (χ4v) is 5.29. The van der Waals surface area contributed by atoms with Crippen molar-refractivity contribution in [3.05, 3.63) is 64.2 Å². The van der Waals surface area contributed by atoms with Crippen molar-refractivity contribution >= 4 is 35.2 Å². The van der Waals surface area contributed by atoms with Crippen LogP contribution in [0.1, 0.15) is 32.6 Å². The van der Waals surface area contributed by atoms with E-state index >= 15 is 0 Å². The van der Waals surface area contributed by atoms with Crippen molar-refractivity contribution in [3.8, 4) is 0 Å². The van der Waals surface area contributed by atoms with Gasteiger partial charge in [-0.3, -0.25) is 14.4 Å². The third-order valence-corrected chi connectivity index (χ3v) is 6.64. The molecule has 2 aliphatic heterocycles. The molecule has 0 bridgehead atoms. The number of thioether (sulfide) groups is 1. The van der Waals surface area contributed by atoms with Gasteiger partial charge in [-0.15, -0.1) is 11.8 Å². The van der Waals surface area contributed by atoms with E-state index < -0.39 is 0 Å².